The lowest BCUT2D eigenvalue weighted by Gasteiger charge is -2.25. The molecule has 5 rings (SSSR count). The van der Waals surface area contributed by atoms with E-state index in [1.807, 2.05) is 42.5 Å². The van der Waals surface area contributed by atoms with Gasteiger partial charge in [0.25, 0.3) is 5.91 Å². The summed E-state index contributed by atoms with van der Waals surface area (Å²) < 4.78 is 40.1. The van der Waals surface area contributed by atoms with Crippen molar-refractivity contribution >= 4 is 42.6 Å². The molecule has 3 aromatic carbocycles. The Kier molecular flexibility index (Phi) is 8.88. The van der Waals surface area contributed by atoms with Crippen LogP contribution in [-0.4, -0.2) is 75.0 Å². The molecule has 0 atom stereocenters. The minimum Gasteiger partial charge on any atom is -0.486 e. The van der Waals surface area contributed by atoms with E-state index in [9.17, 15) is 13.2 Å². The van der Waals surface area contributed by atoms with Crippen molar-refractivity contribution in [1.29, 1.82) is 0 Å². The summed E-state index contributed by atoms with van der Waals surface area (Å²) in [5.41, 5.74) is 2.02. The van der Waals surface area contributed by atoms with Crippen LogP contribution in [0.5, 0.6) is 11.5 Å². The van der Waals surface area contributed by atoms with E-state index in [0.29, 0.717) is 48.5 Å². The van der Waals surface area contributed by atoms with Gasteiger partial charge >= 0.3 is 0 Å². The summed E-state index contributed by atoms with van der Waals surface area (Å²) in [7, 11) is -2.19. The first-order valence-corrected chi connectivity index (χ1v) is 15.9. The van der Waals surface area contributed by atoms with Crippen LogP contribution >= 0.6 is 11.3 Å². The maximum Gasteiger partial charge on any atom is 0.260 e. The first-order valence-electron chi connectivity index (χ1n) is 13.6. The highest BCUT2D eigenvalue weighted by atomic mass is 32.2. The number of amides is 1. The molecule has 0 radical (unpaired) electrons. The van der Waals surface area contributed by atoms with Gasteiger partial charge in [-0.1, -0.05) is 55.5 Å². The number of carbonyl (C=O) groups excluding carboxylic acids is 1. The quantitative estimate of drug-likeness (QED) is 0.245. The first-order chi connectivity index (χ1) is 19.8. The Balaban J connectivity index is 1.41. The fraction of sp³-hybridized carbons (Fsp3) is 0.333. The molecule has 216 valence electrons. The molecule has 1 aliphatic heterocycles. The number of sulfonamides is 1. The van der Waals surface area contributed by atoms with Gasteiger partial charge in [-0.3, -0.25) is 9.69 Å². The molecule has 11 heteroatoms. The van der Waals surface area contributed by atoms with Crippen molar-refractivity contribution in [3.05, 3.63) is 77.9 Å². The third-order valence-electron chi connectivity index (χ3n) is 7.11. The Morgan fingerprint density at radius 1 is 0.927 bits per heavy atom. The number of rotatable bonds is 11. The van der Waals surface area contributed by atoms with Gasteiger partial charge in [0.15, 0.2) is 16.6 Å². The fourth-order valence-corrected chi connectivity index (χ4v) is 6.82. The van der Waals surface area contributed by atoms with Gasteiger partial charge in [0.1, 0.15) is 13.2 Å². The number of ether oxygens (including phenoxy) is 2. The lowest BCUT2D eigenvalue weighted by Crippen LogP contribution is -2.38. The zero-order chi connectivity index (χ0) is 29.0. The second-order valence-corrected chi connectivity index (χ2v) is 12.8. The molecule has 1 amide bonds. The molecule has 4 aromatic rings. The predicted octanol–water partition coefficient (Wildman–Crippen LogP) is 4.88. The summed E-state index contributed by atoms with van der Waals surface area (Å²) >= 11 is 1.42. The van der Waals surface area contributed by atoms with Gasteiger partial charge in [0, 0.05) is 44.4 Å². The van der Waals surface area contributed by atoms with E-state index in [1.165, 1.54) is 27.8 Å². The number of hydrogen-bond donors (Lipinski definition) is 0. The third-order valence-corrected chi connectivity index (χ3v) is 9.97. The lowest BCUT2D eigenvalue weighted by atomic mass is 10.2. The number of thiazole rings is 1. The Morgan fingerprint density at radius 3 is 2.24 bits per heavy atom. The largest absolute Gasteiger partial charge is 0.486 e. The molecular formula is C30H34N4O5S2. The molecule has 0 spiro atoms. The number of fused-ring (bicyclic) bond motifs is 2. The van der Waals surface area contributed by atoms with Gasteiger partial charge in [-0.2, -0.15) is 4.31 Å². The van der Waals surface area contributed by atoms with Crippen molar-refractivity contribution in [2.45, 2.75) is 25.3 Å². The second-order valence-electron chi connectivity index (χ2n) is 9.71. The number of benzene rings is 3. The van der Waals surface area contributed by atoms with Crippen LogP contribution < -0.4 is 14.4 Å². The van der Waals surface area contributed by atoms with E-state index in [0.717, 1.165) is 28.9 Å². The van der Waals surface area contributed by atoms with Crippen LogP contribution in [-0.2, 0) is 16.6 Å². The van der Waals surface area contributed by atoms with Crippen molar-refractivity contribution in [2.24, 2.45) is 0 Å². The van der Waals surface area contributed by atoms with Gasteiger partial charge in [-0.05, 0) is 42.9 Å². The normalized spacial score (nSPS) is 13.2. The average molecular weight is 595 g/mol. The Labute approximate surface area is 245 Å². The zero-order valence-electron chi connectivity index (χ0n) is 23.4. The minimum atomic E-state index is -3.74. The van der Waals surface area contributed by atoms with E-state index in [-0.39, 0.29) is 17.3 Å². The molecule has 0 aliphatic carbocycles. The molecule has 0 unspecified atom stereocenters. The standard InChI is InChI=1S/C30H34N4O5S2/c1-4-33(5-2)15-16-34(30-31-25-19-26-27(20-28(25)40-30)39-18-17-38-26)29(35)23-11-13-24(14-12-23)41(36,37)32(3)21-22-9-7-6-8-10-22/h6-14,19-20H,4-5,15-18,21H2,1-3H3. The van der Waals surface area contributed by atoms with Crippen LogP contribution in [0, 0.1) is 0 Å². The smallest absolute Gasteiger partial charge is 0.260 e. The molecular weight excluding hydrogens is 560 g/mol. The summed E-state index contributed by atoms with van der Waals surface area (Å²) in [5, 5.41) is 0.568. The first kappa shape index (κ1) is 29.0. The molecule has 0 saturated heterocycles. The van der Waals surface area contributed by atoms with Crippen LogP contribution in [0.1, 0.15) is 29.8 Å². The summed E-state index contributed by atoms with van der Waals surface area (Å²) in [6.07, 6.45) is 0. The summed E-state index contributed by atoms with van der Waals surface area (Å²) in [6.45, 7) is 8.24. The maximum absolute atomic E-state index is 13.9. The highest BCUT2D eigenvalue weighted by molar-refractivity contribution is 7.89. The van der Waals surface area contributed by atoms with E-state index in [4.69, 9.17) is 14.5 Å². The number of hydrogen-bond acceptors (Lipinski definition) is 8. The topological polar surface area (TPSA) is 92.3 Å². The van der Waals surface area contributed by atoms with Gasteiger partial charge in [-0.25, -0.2) is 13.4 Å². The third kappa shape index (κ3) is 6.38. The molecule has 1 aromatic heterocycles. The molecule has 0 saturated carbocycles. The summed E-state index contributed by atoms with van der Waals surface area (Å²) in [4.78, 5) is 22.7. The number of likely N-dealkylation sites (N-methyl/N-ethyl adjacent to an activating group) is 1. The van der Waals surface area contributed by atoms with Gasteiger partial charge < -0.3 is 14.4 Å². The maximum atomic E-state index is 13.9. The minimum absolute atomic E-state index is 0.132. The Hall–Kier alpha value is -3.51. The predicted molar refractivity (Wildman–Crippen MR) is 162 cm³/mol. The zero-order valence-corrected chi connectivity index (χ0v) is 25.1. The highest BCUT2D eigenvalue weighted by Gasteiger charge is 2.25. The number of nitrogens with zero attached hydrogens (tertiary/aromatic N) is 4. The van der Waals surface area contributed by atoms with Crippen molar-refractivity contribution in [1.82, 2.24) is 14.2 Å². The van der Waals surface area contributed by atoms with E-state index >= 15 is 0 Å². The number of aromatic nitrogens is 1. The van der Waals surface area contributed by atoms with Gasteiger partial charge in [0.2, 0.25) is 10.0 Å². The van der Waals surface area contributed by atoms with Crippen molar-refractivity contribution in [3.63, 3.8) is 0 Å². The van der Waals surface area contributed by atoms with E-state index < -0.39 is 10.0 Å². The lowest BCUT2D eigenvalue weighted by molar-refractivity contribution is 0.0983. The number of anilines is 1. The molecule has 2 heterocycles. The van der Waals surface area contributed by atoms with Crippen LogP contribution in [0.25, 0.3) is 10.2 Å². The monoisotopic (exact) mass is 594 g/mol. The molecule has 0 N–H and O–H groups in total. The van der Waals surface area contributed by atoms with Crippen LogP contribution in [0.15, 0.2) is 71.6 Å². The van der Waals surface area contributed by atoms with Gasteiger partial charge in [-0.15, -0.1) is 0 Å². The fourth-order valence-electron chi connectivity index (χ4n) is 4.66. The van der Waals surface area contributed by atoms with Crippen molar-refractivity contribution < 1.29 is 22.7 Å². The van der Waals surface area contributed by atoms with Crippen LogP contribution in [0.3, 0.4) is 0 Å². The highest BCUT2D eigenvalue weighted by Crippen LogP contribution is 2.39. The molecule has 0 bridgehead atoms. The summed E-state index contributed by atoms with van der Waals surface area (Å²) in [5.74, 6) is 1.08. The second kappa shape index (κ2) is 12.6. The van der Waals surface area contributed by atoms with E-state index in [2.05, 4.69) is 18.7 Å². The molecule has 0 fully saturated rings. The summed E-state index contributed by atoms with van der Waals surface area (Å²) in [6, 6.07) is 19.3. The molecule has 1 aliphatic rings. The SMILES string of the molecule is CCN(CC)CCN(C(=O)c1ccc(S(=O)(=O)N(C)Cc2ccccc2)cc1)c1nc2cc3c(cc2s1)OCCO3. The molecule has 41 heavy (non-hydrogen) atoms. The molecule has 9 nitrogen and oxygen atoms in total. The average Bonchev–Trinajstić information content (AvgIpc) is 3.40. The van der Waals surface area contributed by atoms with Crippen LogP contribution in [0.2, 0.25) is 0 Å². The van der Waals surface area contributed by atoms with Crippen LogP contribution in [0.4, 0.5) is 5.13 Å². The van der Waals surface area contributed by atoms with E-state index in [1.54, 1.807) is 24.1 Å². The number of carbonyl (C=O) groups is 1. The van der Waals surface area contributed by atoms with Crippen molar-refractivity contribution in [3.8, 4) is 11.5 Å². The Morgan fingerprint density at radius 2 is 1.59 bits per heavy atom. The van der Waals surface area contributed by atoms with Crippen molar-refractivity contribution in [2.75, 3.05) is 51.3 Å². The Bertz CT molecular complexity index is 1560. The van der Waals surface area contributed by atoms with Gasteiger partial charge in [0.05, 0.1) is 15.1 Å².